The Labute approximate surface area is 264 Å². The van der Waals surface area contributed by atoms with E-state index in [1.807, 2.05) is 24.9 Å². The molecular formula is C33H35F2N7O4. The molecule has 11 nitrogen and oxygen atoms in total. The molecule has 0 radical (unpaired) electrons. The smallest absolute Gasteiger partial charge is 0.251 e. The van der Waals surface area contributed by atoms with Crippen LogP contribution in [-0.4, -0.2) is 80.1 Å². The van der Waals surface area contributed by atoms with Crippen LogP contribution >= 0.6 is 0 Å². The summed E-state index contributed by atoms with van der Waals surface area (Å²) in [5, 5.41) is 19.5. The third kappa shape index (κ3) is 4.94. The molecule has 0 spiro atoms. The number of hydrogen-bond acceptors (Lipinski definition) is 8. The van der Waals surface area contributed by atoms with Crippen molar-refractivity contribution in [3.05, 3.63) is 71.7 Å². The van der Waals surface area contributed by atoms with E-state index in [0.29, 0.717) is 67.1 Å². The fourth-order valence-corrected chi connectivity index (χ4v) is 7.40. The van der Waals surface area contributed by atoms with E-state index in [9.17, 15) is 23.5 Å². The zero-order chi connectivity index (χ0) is 32.4. The number of amides is 2. The molecule has 1 aliphatic heterocycles. The van der Waals surface area contributed by atoms with Crippen molar-refractivity contribution >= 4 is 29.0 Å². The standard InChI is InChI=1S/C33H35F2N7O4/c1-4-18-11-19(38-28-29-37-13-24(42(29)10-9-36-28)22-7-8-25(46-3)27(35)26(22)34)5-6-21(18)30(44)39-32-15-33(16-32,17-32)40-31(45)23-12-20(43)14-41(23)2/h5-11,13,20,23,43H,4,12,14-17H2,1-3H3,(H,36,38)(H,39,44)(H,40,45)/t20-,23+,32?,33?/m1/s1. The quantitative estimate of drug-likeness (QED) is 0.221. The molecule has 0 unspecified atom stereocenters. The van der Waals surface area contributed by atoms with Crippen molar-refractivity contribution in [1.82, 2.24) is 29.9 Å². The Hall–Kier alpha value is -4.62. The van der Waals surface area contributed by atoms with Crippen molar-refractivity contribution in [2.75, 3.05) is 26.0 Å². The molecule has 3 aliphatic carbocycles. The second-order valence-corrected chi connectivity index (χ2v) is 12.8. The fraction of sp³-hybridized carbons (Fsp3) is 0.394. The summed E-state index contributed by atoms with van der Waals surface area (Å²) in [5.41, 5.74) is 2.29. The molecule has 46 heavy (non-hydrogen) atoms. The van der Waals surface area contributed by atoms with Crippen LogP contribution in [0.1, 0.15) is 48.5 Å². The van der Waals surface area contributed by atoms with Gasteiger partial charge in [0.2, 0.25) is 11.7 Å². The number of aromatic nitrogens is 3. The van der Waals surface area contributed by atoms with Crippen LogP contribution in [0.3, 0.4) is 0 Å². The van der Waals surface area contributed by atoms with Crippen LogP contribution in [0.5, 0.6) is 5.75 Å². The number of imidazole rings is 1. The predicted molar refractivity (Wildman–Crippen MR) is 166 cm³/mol. The number of hydrogen-bond donors (Lipinski definition) is 4. The highest BCUT2D eigenvalue weighted by Gasteiger charge is 2.69. The first kappa shape index (κ1) is 30.1. The van der Waals surface area contributed by atoms with Gasteiger partial charge in [-0.2, -0.15) is 4.39 Å². The van der Waals surface area contributed by atoms with E-state index in [4.69, 9.17) is 4.74 Å². The lowest BCUT2D eigenvalue weighted by Gasteiger charge is -2.70. The second-order valence-electron chi connectivity index (χ2n) is 12.8. The number of anilines is 2. The Balaban J connectivity index is 1.03. The number of methoxy groups -OCH3 is 1. The van der Waals surface area contributed by atoms with Gasteiger partial charge in [0.05, 0.1) is 31.1 Å². The largest absolute Gasteiger partial charge is 0.494 e. The number of carbonyl (C=O) groups excluding carboxylic acids is 2. The van der Waals surface area contributed by atoms with E-state index in [-0.39, 0.29) is 40.2 Å². The zero-order valence-corrected chi connectivity index (χ0v) is 25.7. The van der Waals surface area contributed by atoms with Gasteiger partial charge in [-0.3, -0.25) is 18.9 Å². The molecule has 2 atom stereocenters. The van der Waals surface area contributed by atoms with E-state index in [1.165, 1.54) is 31.6 Å². The third-order valence-electron chi connectivity index (χ3n) is 9.59. The first-order chi connectivity index (χ1) is 22.0. The van der Waals surface area contributed by atoms with Crippen LogP contribution < -0.4 is 20.7 Å². The minimum absolute atomic E-state index is 0.0323. The Morgan fingerprint density at radius 3 is 2.54 bits per heavy atom. The molecule has 4 N–H and O–H groups in total. The molecule has 2 aromatic carbocycles. The topological polar surface area (TPSA) is 133 Å². The molecule has 3 heterocycles. The highest BCUT2D eigenvalue weighted by atomic mass is 19.2. The van der Waals surface area contributed by atoms with Gasteiger partial charge in [-0.25, -0.2) is 14.4 Å². The second kappa shape index (κ2) is 11.0. The Kier molecular flexibility index (Phi) is 7.20. The summed E-state index contributed by atoms with van der Waals surface area (Å²) in [6.07, 6.45) is 7.23. The summed E-state index contributed by atoms with van der Waals surface area (Å²) in [7, 11) is 3.12. The first-order valence-electron chi connectivity index (χ1n) is 15.3. The predicted octanol–water partition coefficient (Wildman–Crippen LogP) is 3.58. The van der Waals surface area contributed by atoms with Crippen LogP contribution in [0.4, 0.5) is 20.3 Å². The van der Waals surface area contributed by atoms with Crippen molar-refractivity contribution < 1.29 is 28.2 Å². The van der Waals surface area contributed by atoms with E-state index < -0.39 is 17.7 Å². The molecule has 13 heteroatoms. The molecule has 2 bridgehead atoms. The van der Waals surface area contributed by atoms with Gasteiger partial charge in [0.1, 0.15) is 0 Å². The molecule has 3 saturated carbocycles. The fourth-order valence-electron chi connectivity index (χ4n) is 7.40. The summed E-state index contributed by atoms with van der Waals surface area (Å²) in [6.45, 7) is 2.46. The van der Waals surface area contributed by atoms with Gasteiger partial charge in [-0.15, -0.1) is 0 Å². The highest BCUT2D eigenvalue weighted by molar-refractivity contribution is 5.97. The van der Waals surface area contributed by atoms with Crippen molar-refractivity contribution in [2.45, 2.75) is 62.3 Å². The molecule has 2 amide bonds. The number of halogens is 2. The Bertz CT molecular complexity index is 1860. The summed E-state index contributed by atoms with van der Waals surface area (Å²) < 4.78 is 35.8. The molecule has 8 rings (SSSR count). The molecule has 4 fully saturated rings. The average molecular weight is 632 g/mol. The monoisotopic (exact) mass is 631 g/mol. The summed E-state index contributed by atoms with van der Waals surface area (Å²) in [6, 6.07) is 7.93. The lowest BCUT2D eigenvalue weighted by molar-refractivity contribution is -0.143. The van der Waals surface area contributed by atoms with Crippen LogP contribution in [0.15, 0.2) is 48.9 Å². The number of aliphatic hydroxyl groups excluding tert-OH is 1. The van der Waals surface area contributed by atoms with Crippen molar-refractivity contribution in [3.63, 3.8) is 0 Å². The summed E-state index contributed by atoms with van der Waals surface area (Å²) in [5.74, 6) is -2.11. The van der Waals surface area contributed by atoms with E-state index in [2.05, 4.69) is 25.9 Å². The van der Waals surface area contributed by atoms with Gasteiger partial charge < -0.3 is 25.8 Å². The number of rotatable bonds is 9. The number of aryl methyl sites for hydroxylation is 1. The van der Waals surface area contributed by atoms with Crippen molar-refractivity contribution in [1.29, 1.82) is 0 Å². The minimum Gasteiger partial charge on any atom is -0.494 e. The SMILES string of the molecule is CCc1cc(Nc2nccn3c(-c4ccc(OC)c(F)c4F)cnc23)ccc1C(=O)NC12CC(NC(=O)[C@@H]3C[C@@H](O)CN3C)(C1)C2. The van der Waals surface area contributed by atoms with E-state index in [1.54, 1.807) is 22.7 Å². The summed E-state index contributed by atoms with van der Waals surface area (Å²) >= 11 is 0. The van der Waals surface area contributed by atoms with Gasteiger partial charge in [0.15, 0.2) is 23.0 Å². The Morgan fingerprint density at radius 2 is 1.85 bits per heavy atom. The number of likely N-dealkylation sites (N-methyl/N-ethyl adjacent to an activating group) is 1. The number of ether oxygens (including phenoxy) is 1. The lowest BCUT2D eigenvalue weighted by Crippen LogP contribution is -2.84. The summed E-state index contributed by atoms with van der Waals surface area (Å²) in [4.78, 5) is 36.9. The number of β-amino-alcohol motifs (C(OH)–C–C–N with tert-alkyl or cyclic N) is 1. The van der Waals surface area contributed by atoms with Gasteiger partial charge >= 0.3 is 0 Å². The maximum atomic E-state index is 14.9. The van der Waals surface area contributed by atoms with Gasteiger partial charge in [0, 0.05) is 46.8 Å². The average Bonchev–Trinajstić information content (AvgIpc) is 3.59. The van der Waals surface area contributed by atoms with Crippen LogP contribution in [-0.2, 0) is 11.2 Å². The van der Waals surface area contributed by atoms with Crippen LogP contribution in [0.2, 0.25) is 0 Å². The minimum atomic E-state index is -1.08. The molecule has 1 saturated heterocycles. The van der Waals surface area contributed by atoms with Crippen LogP contribution in [0.25, 0.3) is 16.9 Å². The maximum Gasteiger partial charge on any atom is 0.251 e. The number of carbonyl (C=O) groups is 2. The first-order valence-corrected chi connectivity index (χ1v) is 15.3. The number of likely N-dealkylation sites (tertiary alicyclic amines) is 1. The molecular weight excluding hydrogens is 596 g/mol. The van der Waals surface area contributed by atoms with Gasteiger partial charge in [-0.05, 0) is 75.0 Å². The molecule has 2 aromatic heterocycles. The zero-order valence-electron chi connectivity index (χ0n) is 25.7. The molecule has 240 valence electrons. The number of benzene rings is 2. The Morgan fingerprint density at radius 1 is 1.09 bits per heavy atom. The van der Waals surface area contributed by atoms with E-state index >= 15 is 0 Å². The van der Waals surface area contributed by atoms with Crippen molar-refractivity contribution in [2.24, 2.45) is 0 Å². The van der Waals surface area contributed by atoms with Gasteiger partial charge in [-0.1, -0.05) is 6.92 Å². The van der Waals surface area contributed by atoms with E-state index in [0.717, 1.165) is 5.56 Å². The van der Waals surface area contributed by atoms with Crippen LogP contribution in [0, 0.1) is 11.6 Å². The van der Waals surface area contributed by atoms with Crippen molar-refractivity contribution in [3.8, 4) is 17.0 Å². The molecule has 4 aliphatic rings. The molecule has 4 aromatic rings. The van der Waals surface area contributed by atoms with Gasteiger partial charge in [0.25, 0.3) is 5.91 Å². The number of fused-ring (bicyclic) bond motifs is 1. The lowest BCUT2D eigenvalue weighted by atomic mass is 9.44. The maximum absolute atomic E-state index is 14.9. The normalized spacial score (nSPS) is 25.1. The highest BCUT2D eigenvalue weighted by Crippen LogP contribution is 2.60. The number of aliphatic hydroxyl groups is 1. The number of nitrogens with one attached hydrogen (secondary N) is 3. The third-order valence-corrected chi connectivity index (χ3v) is 9.59. The number of nitrogens with zero attached hydrogens (tertiary/aromatic N) is 4.